The lowest BCUT2D eigenvalue weighted by molar-refractivity contribution is 0.443. The lowest BCUT2D eigenvalue weighted by Gasteiger charge is -2.24. The van der Waals surface area contributed by atoms with E-state index in [2.05, 4.69) is 19.2 Å². The molecule has 0 aromatic carbocycles. The van der Waals surface area contributed by atoms with Crippen LogP contribution in [-0.2, 0) is 23.6 Å². The molecule has 0 bridgehead atoms. The van der Waals surface area contributed by atoms with Crippen LogP contribution < -0.4 is 5.32 Å². The summed E-state index contributed by atoms with van der Waals surface area (Å²) in [4.78, 5) is 0.410. The van der Waals surface area contributed by atoms with Crippen molar-refractivity contribution in [3.63, 3.8) is 0 Å². The Kier molecular flexibility index (Phi) is 5.17. The molecule has 114 valence electrons. The molecule has 1 fully saturated rings. The van der Waals surface area contributed by atoms with Crippen LogP contribution in [-0.4, -0.2) is 47.9 Å². The van der Waals surface area contributed by atoms with Crippen molar-refractivity contribution in [2.24, 2.45) is 7.05 Å². The lowest BCUT2D eigenvalue weighted by Crippen LogP contribution is -2.37. The van der Waals surface area contributed by atoms with Crippen molar-refractivity contribution in [2.75, 3.05) is 24.6 Å². The van der Waals surface area contributed by atoms with Crippen molar-refractivity contribution in [3.8, 4) is 0 Å². The zero-order valence-electron chi connectivity index (χ0n) is 12.3. The van der Waals surface area contributed by atoms with Gasteiger partial charge in [-0.3, -0.25) is 0 Å². The molecule has 1 saturated heterocycles. The Hall–Kier alpha value is -0.500. The monoisotopic (exact) mass is 317 g/mol. The van der Waals surface area contributed by atoms with E-state index in [4.69, 9.17) is 0 Å². The Labute approximate surface area is 125 Å². The molecule has 2 heterocycles. The van der Waals surface area contributed by atoms with Gasteiger partial charge in [0.25, 0.3) is 0 Å². The number of sulfonamides is 1. The van der Waals surface area contributed by atoms with E-state index in [1.54, 1.807) is 16.6 Å². The quantitative estimate of drug-likeness (QED) is 0.888. The first kappa shape index (κ1) is 15.9. The number of hydrogen-bond acceptors (Lipinski definition) is 4. The maximum atomic E-state index is 12.6. The molecule has 0 aliphatic carbocycles. The highest BCUT2D eigenvalue weighted by molar-refractivity contribution is 7.99. The highest BCUT2D eigenvalue weighted by atomic mass is 32.2. The van der Waals surface area contributed by atoms with Crippen molar-refractivity contribution in [1.29, 1.82) is 0 Å². The Balaban J connectivity index is 2.17. The predicted molar refractivity (Wildman–Crippen MR) is 83.5 cm³/mol. The normalized spacial score (nSPS) is 17.8. The van der Waals surface area contributed by atoms with Crippen LogP contribution in [0.15, 0.2) is 17.2 Å². The molecule has 0 radical (unpaired) electrons. The van der Waals surface area contributed by atoms with E-state index in [9.17, 15) is 8.42 Å². The minimum Gasteiger partial charge on any atom is -0.352 e. The molecule has 2 rings (SSSR count). The minimum absolute atomic E-state index is 0.379. The zero-order valence-corrected chi connectivity index (χ0v) is 13.9. The topological polar surface area (TPSA) is 54.3 Å². The molecule has 0 spiro atoms. The van der Waals surface area contributed by atoms with Gasteiger partial charge in [0.1, 0.15) is 4.90 Å². The van der Waals surface area contributed by atoms with Gasteiger partial charge in [-0.05, 0) is 6.07 Å². The van der Waals surface area contributed by atoms with Crippen LogP contribution in [0.5, 0.6) is 0 Å². The number of nitrogens with zero attached hydrogens (tertiary/aromatic N) is 2. The molecule has 1 aliphatic rings. The molecule has 0 saturated carbocycles. The Morgan fingerprint density at radius 1 is 1.35 bits per heavy atom. The molecule has 7 heteroatoms. The third-order valence-electron chi connectivity index (χ3n) is 3.38. The van der Waals surface area contributed by atoms with Crippen molar-refractivity contribution < 1.29 is 8.42 Å². The average molecular weight is 317 g/mol. The summed E-state index contributed by atoms with van der Waals surface area (Å²) in [5.74, 6) is 1.77. The summed E-state index contributed by atoms with van der Waals surface area (Å²) in [5, 5.41) is 3.31. The first-order valence-corrected chi connectivity index (χ1v) is 9.47. The van der Waals surface area contributed by atoms with Gasteiger partial charge in [0.2, 0.25) is 10.0 Å². The molecule has 0 atom stereocenters. The highest BCUT2D eigenvalue weighted by Crippen LogP contribution is 2.21. The second kappa shape index (κ2) is 6.51. The standard InChI is InChI=1S/C13H23N3O2S2/c1-11(2)14-9-12-8-13(10-15(12)3)20(17,18)16-4-6-19-7-5-16/h8,10-11,14H,4-7,9H2,1-3H3. The molecular weight excluding hydrogens is 294 g/mol. The van der Waals surface area contributed by atoms with E-state index in [-0.39, 0.29) is 0 Å². The molecule has 1 N–H and O–H groups in total. The van der Waals surface area contributed by atoms with Crippen LogP contribution in [0.25, 0.3) is 0 Å². The zero-order chi connectivity index (χ0) is 14.8. The van der Waals surface area contributed by atoms with Crippen LogP contribution in [0, 0.1) is 0 Å². The van der Waals surface area contributed by atoms with Gasteiger partial charge in [0.15, 0.2) is 0 Å². The Morgan fingerprint density at radius 2 is 2.00 bits per heavy atom. The van der Waals surface area contributed by atoms with Gasteiger partial charge in [-0.1, -0.05) is 13.8 Å². The van der Waals surface area contributed by atoms with Crippen LogP contribution in [0.1, 0.15) is 19.5 Å². The van der Waals surface area contributed by atoms with E-state index in [1.807, 2.05) is 23.4 Å². The van der Waals surface area contributed by atoms with Gasteiger partial charge < -0.3 is 9.88 Å². The highest BCUT2D eigenvalue weighted by Gasteiger charge is 2.27. The molecule has 5 nitrogen and oxygen atoms in total. The smallest absolute Gasteiger partial charge is 0.244 e. The third-order valence-corrected chi connectivity index (χ3v) is 6.19. The second-order valence-electron chi connectivity index (χ2n) is 5.33. The van der Waals surface area contributed by atoms with Crippen molar-refractivity contribution in [3.05, 3.63) is 18.0 Å². The maximum absolute atomic E-state index is 12.6. The predicted octanol–water partition coefficient (Wildman–Crippen LogP) is 1.26. The number of thioether (sulfide) groups is 1. The summed E-state index contributed by atoms with van der Waals surface area (Å²) in [5.41, 5.74) is 0.989. The molecule has 0 unspecified atom stereocenters. The number of aryl methyl sites for hydroxylation is 1. The fourth-order valence-corrected chi connectivity index (χ4v) is 4.81. The number of aromatic nitrogens is 1. The van der Waals surface area contributed by atoms with Gasteiger partial charge >= 0.3 is 0 Å². The molecule has 0 amide bonds. The first-order valence-electron chi connectivity index (χ1n) is 6.88. The molecular formula is C13H23N3O2S2. The largest absolute Gasteiger partial charge is 0.352 e. The number of hydrogen-bond donors (Lipinski definition) is 1. The van der Waals surface area contributed by atoms with E-state index in [0.717, 1.165) is 17.2 Å². The summed E-state index contributed by atoms with van der Waals surface area (Å²) in [7, 11) is -1.44. The van der Waals surface area contributed by atoms with E-state index in [1.165, 1.54) is 0 Å². The van der Waals surface area contributed by atoms with Gasteiger partial charge in [0, 0.05) is 56.1 Å². The average Bonchev–Trinajstić information content (AvgIpc) is 2.79. The van der Waals surface area contributed by atoms with E-state index < -0.39 is 10.0 Å². The number of nitrogens with one attached hydrogen (secondary N) is 1. The summed E-state index contributed by atoms with van der Waals surface area (Å²) < 4.78 is 28.6. The molecule has 1 aromatic heterocycles. The van der Waals surface area contributed by atoms with Crippen LogP contribution in [0.4, 0.5) is 0 Å². The van der Waals surface area contributed by atoms with Crippen LogP contribution in [0.3, 0.4) is 0 Å². The van der Waals surface area contributed by atoms with E-state index >= 15 is 0 Å². The van der Waals surface area contributed by atoms with Gasteiger partial charge in [-0.25, -0.2) is 8.42 Å². The SMILES string of the molecule is CC(C)NCc1cc(S(=O)(=O)N2CCSCC2)cn1C. The molecule has 1 aliphatic heterocycles. The Morgan fingerprint density at radius 3 is 2.60 bits per heavy atom. The van der Waals surface area contributed by atoms with Crippen molar-refractivity contribution >= 4 is 21.8 Å². The summed E-state index contributed by atoms with van der Waals surface area (Å²) in [6.07, 6.45) is 1.72. The van der Waals surface area contributed by atoms with Gasteiger partial charge in [0.05, 0.1) is 0 Å². The maximum Gasteiger partial charge on any atom is 0.244 e. The van der Waals surface area contributed by atoms with E-state index in [0.29, 0.717) is 30.6 Å². The fourth-order valence-electron chi connectivity index (χ4n) is 2.14. The second-order valence-corrected chi connectivity index (χ2v) is 8.49. The van der Waals surface area contributed by atoms with Crippen molar-refractivity contribution in [1.82, 2.24) is 14.2 Å². The van der Waals surface area contributed by atoms with Gasteiger partial charge in [-0.2, -0.15) is 16.1 Å². The van der Waals surface area contributed by atoms with Gasteiger partial charge in [-0.15, -0.1) is 0 Å². The van der Waals surface area contributed by atoms with Crippen LogP contribution in [0.2, 0.25) is 0 Å². The fraction of sp³-hybridized carbons (Fsp3) is 0.692. The number of rotatable bonds is 5. The summed E-state index contributed by atoms with van der Waals surface area (Å²) in [6, 6.07) is 2.16. The lowest BCUT2D eigenvalue weighted by atomic mass is 10.3. The van der Waals surface area contributed by atoms with Crippen molar-refractivity contribution in [2.45, 2.75) is 31.3 Å². The van der Waals surface area contributed by atoms with Crippen LogP contribution >= 0.6 is 11.8 Å². The minimum atomic E-state index is -3.33. The first-order chi connectivity index (χ1) is 9.41. The summed E-state index contributed by atoms with van der Waals surface area (Å²) >= 11 is 1.81. The summed E-state index contributed by atoms with van der Waals surface area (Å²) in [6.45, 7) is 6.06. The third kappa shape index (κ3) is 3.58. The molecule has 1 aromatic rings. The Bertz CT molecular complexity index is 546. The molecule has 20 heavy (non-hydrogen) atoms.